The predicted octanol–water partition coefficient (Wildman–Crippen LogP) is 1.32. The van der Waals surface area contributed by atoms with Gasteiger partial charge in [-0.1, -0.05) is 23.9 Å². The molecule has 1 aromatic heterocycles. The first-order valence-corrected chi connectivity index (χ1v) is 6.64. The molecule has 0 spiro atoms. The smallest absolute Gasteiger partial charge is 0.284 e. The molecule has 0 radical (unpaired) electrons. The Morgan fingerprint density at radius 3 is 2.89 bits per heavy atom. The highest BCUT2D eigenvalue weighted by atomic mass is 32.2. The Morgan fingerprint density at radius 1 is 1.37 bits per heavy atom. The number of amides is 1. The largest absolute Gasteiger partial charge is 0.303 e. The van der Waals surface area contributed by atoms with Crippen LogP contribution in [0.2, 0.25) is 0 Å². The first-order chi connectivity index (χ1) is 9.15. The summed E-state index contributed by atoms with van der Waals surface area (Å²) in [6, 6.07) is 7.11. The summed E-state index contributed by atoms with van der Waals surface area (Å²) in [6.07, 6.45) is 0. The van der Waals surface area contributed by atoms with Crippen LogP contribution < -0.4 is 10.9 Å². The predicted molar refractivity (Wildman–Crippen MR) is 74.6 cm³/mol. The summed E-state index contributed by atoms with van der Waals surface area (Å²) < 4.78 is 1.23. The van der Waals surface area contributed by atoms with Gasteiger partial charge in [0.1, 0.15) is 11.7 Å². The fourth-order valence-electron chi connectivity index (χ4n) is 1.85. The molecule has 1 aliphatic heterocycles. The Bertz CT molecular complexity index is 766. The molecule has 0 bridgehead atoms. The summed E-state index contributed by atoms with van der Waals surface area (Å²) in [5.41, 5.74) is 0.410. The minimum Gasteiger partial charge on any atom is -0.303 e. The Hall–Kier alpha value is -2.15. The lowest BCUT2D eigenvalue weighted by Gasteiger charge is -2.06. The Balaban J connectivity index is 2.19. The fourth-order valence-corrected chi connectivity index (χ4v) is 2.44. The maximum absolute atomic E-state index is 12.3. The van der Waals surface area contributed by atoms with E-state index in [2.05, 4.69) is 15.4 Å². The van der Waals surface area contributed by atoms with E-state index >= 15 is 0 Å². The third-order valence-corrected chi connectivity index (χ3v) is 3.50. The molecule has 96 valence electrons. The molecule has 3 rings (SSSR count). The van der Waals surface area contributed by atoms with E-state index in [0.29, 0.717) is 28.3 Å². The van der Waals surface area contributed by atoms with Crippen molar-refractivity contribution in [3.63, 3.8) is 0 Å². The minimum absolute atomic E-state index is 0.154. The molecule has 7 heteroatoms. The van der Waals surface area contributed by atoms with Gasteiger partial charge in [-0.25, -0.2) is 4.98 Å². The number of amidine groups is 1. The Morgan fingerprint density at radius 2 is 2.16 bits per heavy atom. The van der Waals surface area contributed by atoms with Gasteiger partial charge in [0.25, 0.3) is 10.8 Å². The van der Waals surface area contributed by atoms with Crippen molar-refractivity contribution in [2.24, 2.45) is 5.10 Å². The van der Waals surface area contributed by atoms with Gasteiger partial charge in [0.2, 0.25) is 0 Å². The Labute approximate surface area is 112 Å². The highest BCUT2D eigenvalue weighted by molar-refractivity contribution is 8.14. The van der Waals surface area contributed by atoms with Gasteiger partial charge in [-0.15, -0.1) is 5.10 Å². The zero-order valence-electron chi connectivity index (χ0n) is 10.1. The van der Waals surface area contributed by atoms with E-state index in [-0.39, 0.29) is 10.8 Å². The summed E-state index contributed by atoms with van der Waals surface area (Å²) in [5, 5.41) is 7.11. The van der Waals surface area contributed by atoms with E-state index in [4.69, 9.17) is 0 Å². The maximum Gasteiger partial charge on any atom is 0.284 e. The topological polar surface area (TPSA) is 76.3 Å². The van der Waals surface area contributed by atoms with Crippen molar-refractivity contribution >= 4 is 33.7 Å². The molecule has 6 nitrogen and oxygen atoms in total. The van der Waals surface area contributed by atoms with Gasteiger partial charge >= 0.3 is 0 Å². The molecule has 19 heavy (non-hydrogen) atoms. The van der Waals surface area contributed by atoms with Crippen LogP contribution in [-0.4, -0.2) is 26.5 Å². The molecule has 1 saturated heterocycles. The number of thioether (sulfide) groups is 1. The van der Waals surface area contributed by atoms with Gasteiger partial charge in [0, 0.05) is 0 Å². The third kappa shape index (κ3) is 2.12. The van der Waals surface area contributed by atoms with Crippen LogP contribution in [0.5, 0.6) is 0 Å². The number of carbonyl (C=O) groups excluding carboxylic acids is 1. The average Bonchev–Trinajstić information content (AvgIpc) is 2.80. The molecule has 0 saturated carbocycles. The van der Waals surface area contributed by atoms with E-state index in [1.54, 1.807) is 25.1 Å². The summed E-state index contributed by atoms with van der Waals surface area (Å²) in [6.45, 7) is 1.71. The van der Waals surface area contributed by atoms with E-state index < -0.39 is 0 Å². The summed E-state index contributed by atoms with van der Waals surface area (Å²) >= 11 is 1.12. The number of fused-ring (bicyclic) bond motifs is 1. The lowest BCUT2D eigenvalue weighted by atomic mass is 10.2. The molecule has 1 aromatic carbocycles. The second-order valence-corrected chi connectivity index (χ2v) is 4.99. The van der Waals surface area contributed by atoms with Crippen molar-refractivity contribution in [2.75, 3.05) is 5.75 Å². The van der Waals surface area contributed by atoms with Crippen LogP contribution >= 0.6 is 11.8 Å². The number of para-hydroxylation sites is 1. The second kappa shape index (κ2) is 4.51. The normalized spacial score (nSPS) is 17.1. The molecule has 2 aromatic rings. The molecule has 1 fully saturated rings. The number of benzene rings is 1. The fraction of sp³-hybridized carbons (Fsp3) is 0.167. The van der Waals surface area contributed by atoms with Crippen molar-refractivity contribution in [3.05, 3.63) is 40.4 Å². The number of nitrogens with one attached hydrogen (secondary N) is 1. The SMILES string of the molecule is Cc1nc2ccccc2c(=O)n1/N=C1\CSC(=O)N1. The van der Waals surface area contributed by atoms with Crippen molar-refractivity contribution in [1.82, 2.24) is 15.0 Å². The summed E-state index contributed by atoms with van der Waals surface area (Å²) in [5.74, 6) is 1.40. The van der Waals surface area contributed by atoms with Crippen LogP contribution in [0.25, 0.3) is 10.9 Å². The monoisotopic (exact) mass is 274 g/mol. The van der Waals surface area contributed by atoms with Crippen molar-refractivity contribution in [1.29, 1.82) is 0 Å². The third-order valence-electron chi connectivity index (χ3n) is 2.72. The average molecular weight is 274 g/mol. The first-order valence-electron chi connectivity index (χ1n) is 5.65. The van der Waals surface area contributed by atoms with Crippen molar-refractivity contribution < 1.29 is 4.79 Å². The lowest BCUT2D eigenvalue weighted by Crippen LogP contribution is -2.26. The maximum atomic E-state index is 12.3. The van der Waals surface area contributed by atoms with Crippen LogP contribution in [0.4, 0.5) is 4.79 Å². The first kappa shape index (κ1) is 11.9. The van der Waals surface area contributed by atoms with Gasteiger partial charge in [0.15, 0.2) is 0 Å². The van der Waals surface area contributed by atoms with E-state index in [9.17, 15) is 9.59 Å². The quantitative estimate of drug-likeness (QED) is 0.851. The van der Waals surface area contributed by atoms with Gasteiger partial charge in [0.05, 0.1) is 16.7 Å². The molecule has 1 aliphatic rings. The molecular weight excluding hydrogens is 264 g/mol. The van der Waals surface area contributed by atoms with E-state index in [1.165, 1.54) is 4.68 Å². The lowest BCUT2D eigenvalue weighted by molar-refractivity contribution is 0.265. The number of aromatic nitrogens is 2. The number of aryl methyl sites for hydroxylation is 1. The molecule has 2 heterocycles. The van der Waals surface area contributed by atoms with Crippen LogP contribution in [-0.2, 0) is 0 Å². The van der Waals surface area contributed by atoms with E-state index in [1.807, 2.05) is 6.07 Å². The number of nitrogens with zero attached hydrogens (tertiary/aromatic N) is 3. The number of hydrogen-bond acceptors (Lipinski definition) is 5. The minimum atomic E-state index is -0.234. The summed E-state index contributed by atoms with van der Waals surface area (Å²) in [4.78, 5) is 27.7. The van der Waals surface area contributed by atoms with Crippen LogP contribution in [0.1, 0.15) is 5.82 Å². The molecule has 1 amide bonds. The van der Waals surface area contributed by atoms with Crippen molar-refractivity contribution in [3.8, 4) is 0 Å². The van der Waals surface area contributed by atoms with Gasteiger partial charge in [-0.2, -0.15) is 4.68 Å². The summed E-state index contributed by atoms with van der Waals surface area (Å²) in [7, 11) is 0. The number of carbonyl (C=O) groups is 1. The van der Waals surface area contributed by atoms with Crippen LogP contribution in [0.3, 0.4) is 0 Å². The second-order valence-electron chi connectivity index (χ2n) is 4.04. The molecule has 1 N–H and O–H groups in total. The number of hydrogen-bond donors (Lipinski definition) is 1. The molecule has 0 atom stereocenters. The zero-order valence-corrected chi connectivity index (χ0v) is 10.9. The molecular formula is C12H10N4O2S. The van der Waals surface area contributed by atoms with E-state index in [0.717, 1.165) is 11.8 Å². The van der Waals surface area contributed by atoms with Gasteiger partial charge in [-0.3, -0.25) is 9.59 Å². The molecule has 0 aliphatic carbocycles. The van der Waals surface area contributed by atoms with Gasteiger partial charge < -0.3 is 5.32 Å². The highest BCUT2D eigenvalue weighted by Crippen LogP contribution is 2.10. The zero-order chi connectivity index (χ0) is 13.4. The van der Waals surface area contributed by atoms with Gasteiger partial charge in [-0.05, 0) is 19.1 Å². The molecule has 0 unspecified atom stereocenters. The number of rotatable bonds is 1. The Kier molecular flexibility index (Phi) is 2.83. The van der Waals surface area contributed by atoms with Crippen LogP contribution in [0, 0.1) is 6.92 Å². The van der Waals surface area contributed by atoms with Crippen molar-refractivity contribution in [2.45, 2.75) is 6.92 Å². The standard InChI is InChI=1S/C12H10N4O2S/c1-7-13-9-5-3-2-4-8(9)11(17)16(7)15-10-6-19-12(18)14-10/h2-5H,6H2,1H3,(H,14,15,18). The van der Waals surface area contributed by atoms with Crippen LogP contribution in [0.15, 0.2) is 34.2 Å². The highest BCUT2D eigenvalue weighted by Gasteiger charge is 2.17.